The molecule has 1 N–H and O–H groups in total. The fourth-order valence-electron chi connectivity index (χ4n) is 7.74. The molecule has 1 saturated heterocycles. The Hall–Kier alpha value is -2.43. The molecule has 0 spiro atoms. The van der Waals surface area contributed by atoms with Gasteiger partial charge in [-0.1, -0.05) is 24.3 Å². The van der Waals surface area contributed by atoms with Gasteiger partial charge in [0, 0.05) is 5.69 Å². The Morgan fingerprint density at radius 2 is 1.39 bits per heavy atom. The van der Waals surface area contributed by atoms with E-state index in [2.05, 4.69) is 17.4 Å². The molecule has 0 aromatic heterocycles. The monoisotopic (exact) mass is 418 g/mol. The van der Waals surface area contributed by atoms with E-state index in [1.165, 1.54) is 44.1 Å². The normalized spacial score (nSPS) is 37.9. The van der Waals surface area contributed by atoms with Crippen molar-refractivity contribution in [3.63, 3.8) is 0 Å². The quantitative estimate of drug-likeness (QED) is 0.593. The highest BCUT2D eigenvalue weighted by molar-refractivity contribution is 6.08. The minimum atomic E-state index is -0.309. The summed E-state index contributed by atoms with van der Waals surface area (Å²) >= 11 is 0. The Labute approximate surface area is 183 Å². The molecule has 1 heterocycles. The van der Waals surface area contributed by atoms with E-state index < -0.39 is 0 Å². The largest absolute Gasteiger partial charge is 0.325 e. The predicted octanol–water partition coefficient (Wildman–Crippen LogP) is 4.04. The molecular formula is C26H30N2O3. The molecule has 2 atom stereocenters. The standard InChI is InChI=1S/C26H30N2O3/c29-23(15-28-24(30)21-3-1-2-4-22(21)25(28)31)27-20-7-5-19(6-8-20)26-12-16-9-17(13-26)11-18(10-16)14-26/h1-2,5-8,16-18,21-22H,3-4,9-15H2,(H,27,29)/t16?,17?,18?,21-,22-,26?/m1/s1. The summed E-state index contributed by atoms with van der Waals surface area (Å²) in [7, 11) is 0. The zero-order chi connectivity index (χ0) is 21.2. The summed E-state index contributed by atoms with van der Waals surface area (Å²) in [6.45, 7) is -0.193. The van der Waals surface area contributed by atoms with Crippen LogP contribution in [0.5, 0.6) is 0 Å². The molecule has 5 aliphatic carbocycles. The second-order valence-electron chi connectivity index (χ2n) is 10.7. The molecule has 31 heavy (non-hydrogen) atoms. The maximum atomic E-state index is 12.6. The summed E-state index contributed by atoms with van der Waals surface area (Å²) in [6, 6.07) is 8.36. The minimum Gasteiger partial charge on any atom is -0.325 e. The molecule has 1 aromatic rings. The molecule has 5 fully saturated rings. The fraction of sp³-hybridized carbons (Fsp3) is 0.577. The SMILES string of the molecule is O=C(CN1C(=O)[C@@H]2CC=CC[C@H]2C1=O)Nc1ccc(C23CC4CC(CC(C4)C2)C3)cc1. The molecule has 0 unspecified atom stereocenters. The van der Waals surface area contributed by atoms with Gasteiger partial charge in [0.2, 0.25) is 17.7 Å². The summed E-state index contributed by atoms with van der Waals surface area (Å²) in [5.74, 6) is 1.42. The van der Waals surface area contributed by atoms with E-state index in [0.29, 0.717) is 18.3 Å². The molecular weight excluding hydrogens is 388 g/mol. The van der Waals surface area contributed by atoms with Gasteiger partial charge in [-0.3, -0.25) is 19.3 Å². The second kappa shape index (κ2) is 7.04. The molecule has 4 saturated carbocycles. The van der Waals surface area contributed by atoms with E-state index in [-0.39, 0.29) is 36.1 Å². The average Bonchev–Trinajstić information content (AvgIpc) is 2.98. The molecule has 6 aliphatic rings. The van der Waals surface area contributed by atoms with Gasteiger partial charge in [0.05, 0.1) is 11.8 Å². The Balaban J connectivity index is 1.12. The van der Waals surface area contributed by atoms with Crippen LogP contribution in [-0.4, -0.2) is 29.2 Å². The van der Waals surface area contributed by atoms with Crippen LogP contribution in [0.25, 0.3) is 0 Å². The lowest BCUT2D eigenvalue weighted by atomic mass is 9.48. The zero-order valence-corrected chi connectivity index (χ0v) is 17.9. The second-order valence-corrected chi connectivity index (χ2v) is 10.7. The Kier molecular flexibility index (Phi) is 4.38. The van der Waals surface area contributed by atoms with Crippen molar-refractivity contribution < 1.29 is 14.4 Å². The number of allylic oxidation sites excluding steroid dienone is 2. The lowest BCUT2D eigenvalue weighted by Gasteiger charge is -2.57. The first kappa shape index (κ1) is 19.3. The Morgan fingerprint density at radius 1 is 0.871 bits per heavy atom. The number of nitrogens with one attached hydrogen (secondary N) is 1. The van der Waals surface area contributed by atoms with Gasteiger partial charge in [0.15, 0.2) is 0 Å². The van der Waals surface area contributed by atoms with Crippen LogP contribution < -0.4 is 5.32 Å². The summed E-state index contributed by atoms with van der Waals surface area (Å²) in [5, 5.41) is 2.89. The number of hydrogen-bond acceptors (Lipinski definition) is 3. The maximum absolute atomic E-state index is 12.6. The van der Waals surface area contributed by atoms with E-state index in [1.807, 2.05) is 24.3 Å². The van der Waals surface area contributed by atoms with Crippen LogP contribution in [0.2, 0.25) is 0 Å². The number of anilines is 1. The first-order valence-corrected chi connectivity index (χ1v) is 11.9. The van der Waals surface area contributed by atoms with Gasteiger partial charge < -0.3 is 5.32 Å². The topological polar surface area (TPSA) is 66.5 Å². The lowest BCUT2D eigenvalue weighted by molar-refractivity contribution is -0.142. The van der Waals surface area contributed by atoms with Gasteiger partial charge in [-0.15, -0.1) is 0 Å². The van der Waals surface area contributed by atoms with Gasteiger partial charge >= 0.3 is 0 Å². The third kappa shape index (κ3) is 3.16. The zero-order valence-electron chi connectivity index (χ0n) is 17.9. The highest BCUT2D eigenvalue weighted by atomic mass is 16.2. The van der Waals surface area contributed by atoms with Crippen molar-refractivity contribution in [2.24, 2.45) is 29.6 Å². The van der Waals surface area contributed by atoms with Crippen LogP contribution in [0.15, 0.2) is 36.4 Å². The van der Waals surface area contributed by atoms with Crippen molar-refractivity contribution in [3.05, 3.63) is 42.0 Å². The minimum absolute atomic E-state index is 0.193. The van der Waals surface area contributed by atoms with Gasteiger partial charge in [0.25, 0.3) is 0 Å². The lowest BCUT2D eigenvalue weighted by Crippen LogP contribution is -2.48. The summed E-state index contributed by atoms with van der Waals surface area (Å²) in [5.41, 5.74) is 2.50. The van der Waals surface area contributed by atoms with Crippen LogP contribution in [-0.2, 0) is 19.8 Å². The molecule has 162 valence electrons. The van der Waals surface area contributed by atoms with Crippen molar-refractivity contribution in [1.82, 2.24) is 4.90 Å². The first-order chi connectivity index (χ1) is 15.0. The average molecular weight is 419 g/mol. The molecule has 0 radical (unpaired) electrons. The van der Waals surface area contributed by atoms with Crippen molar-refractivity contribution in [2.75, 3.05) is 11.9 Å². The van der Waals surface area contributed by atoms with Gasteiger partial charge in [-0.25, -0.2) is 0 Å². The van der Waals surface area contributed by atoms with Crippen LogP contribution in [0.4, 0.5) is 5.69 Å². The number of amides is 3. The number of imide groups is 1. The highest BCUT2D eigenvalue weighted by Gasteiger charge is 2.51. The molecule has 1 aliphatic heterocycles. The third-order valence-corrected chi connectivity index (χ3v) is 8.72. The molecule has 7 rings (SSSR count). The number of rotatable bonds is 4. The Bertz CT molecular complexity index is 902. The molecule has 1 aromatic carbocycles. The van der Waals surface area contributed by atoms with E-state index in [4.69, 9.17) is 0 Å². The number of carbonyl (C=O) groups excluding carboxylic acids is 3. The van der Waals surface area contributed by atoms with Crippen LogP contribution in [0.1, 0.15) is 56.9 Å². The van der Waals surface area contributed by atoms with E-state index in [0.717, 1.165) is 28.3 Å². The van der Waals surface area contributed by atoms with Crippen molar-refractivity contribution in [2.45, 2.75) is 56.8 Å². The van der Waals surface area contributed by atoms with Gasteiger partial charge in [-0.05, 0) is 92.2 Å². The number of likely N-dealkylation sites (tertiary alicyclic amines) is 1. The molecule has 5 nitrogen and oxygen atoms in total. The van der Waals surface area contributed by atoms with Crippen LogP contribution in [0, 0.1) is 29.6 Å². The summed E-state index contributed by atoms with van der Waals surface area (Å²) in [6.07, 6.45) is 13.4. The summed E-state index contributed by atoms with van der Waals surface area (Å²) in [4.78, 5) is 38.9. The van der Waals surface area contributed by atoms with E-state index in [9.17, 15) is 14.4 Å². The first-order valence-electron chi connectivity index (χ1n) is 11.9. The van der Waals surface area contributed by atoms with E-state index in [1.54, 1.807) is 0 Å². The van der Waals surface area contributed by atoms with Gasteiger partial charge in [0.1, 0.15) is 6.54 Å². The number of benzene rings is 1. The van der Waals surface area contributed by atoms with Gasteiger partial charge in [-0.2, -0.15) is 0 Å². The highest BCUT2D eigenvalue weighted by Crippen LogP contribution is 2.60. The summed E-state index contributed by atoms with van der Waals surface area (Å²) < 4.78 is 0. The fourth-order valence-corrected chi connectivity index (χ4v) is 7.74. The maximum Gasteiger partial charge on any atom is 0.244 e. The van der Waals surface area contributed by atoms with Crippen LogP contribution >= 0.6 is 0 Å². The van der Waals surface area contributed by atoms with Crippen molar-refractivity contribution >= 4 is 23.4 Å². The number of carbonyl (C=O) groups is 3. The van der Waals surface area contributed by atoms with Crippen molar-refractivity contribution in [1.29, 1.82) is 0 Å². The Morgan fingerprint density at radius 3 is 1.90 bits per heavy atom. The molecule has 5 heteroatoms. The third-order valence-electron chi connectivity index (χ3n) is 8.72. The van der Waals surface area contributed by atoms with Crippen molar-refractivity contribution in [3.8, 4) is 0 Å². The molecule has 4 bridgehead atoms. The van der Waals surface area contributed by atoms with Crippen LogP contribution in [0.3, 0.4) is 0 Å². The van der Waals surface area contributed by atoms with E-state index >= 15 is 0 Å². The number of fused-ring (bicyclic) bond motifs is 1. The smallest absolute Gasteiger partial charge is 0.244 e. The molecule has 3 amide bonds. The predicted molar refractivity (Wildman–Crippen MR) is 117 cm³/mol. The number of hydrogen-bond donors (Lipinski definition) is 1. The number of nitrogens with zero attached hydrogens (tertiary/aromatic N) is 1.